The molecule has 2 amide bonds. The van der Waals surface area contributed by atoms with Gasteiger partial charge in [0.1, 0.15) is 5.78 Å². The Hall–Kier alpha value is -1.62. The first-order chi connectivity index (χ1) is 11.6. The van der Waals surface area contributed by atoms with Gasteiger partial charge < -0.3 is 0 Å². The van der Waals surface area contributed by atoms with Crippen molar-refractivity contribution in [1.29, 1.82) is 0 Å². The molecule has 0 N–H and O–H groups in total. The fraction of sp³-hybridized carbons (Fsp3) is 0.550. The van der Waals surface area contributed by atoms with Gasteiger partial charge in [0.25, 0.3) is 0 Å². The van der Waals surface area contributed by atoms with Crippen LogP contribution in [0.15, 0.2) is 30.3 Å². The minimum absolute atomic E-state index is 0.0156. The van der Waals surface area contributed by atoms with Crippen molar-refractivity contribution in [2.75, 3.05) is 4.90 Å². The molecule has 1 aromatic rings. The second kappa shape index (κ2) is 4.76. The van der Waals surface area contributed by atoms with E-state index in [1.54, 1.807) is 23.9 Å². The Kier molecular flexibility index (Phi) is 3.20. The molecule has 132 valence electrons. The van der Waals surface area contributed by atoms with E-state index >= 15 is 0 Å². The third-order valence-corrected chi connectivity index (χ3v) is 8.98. The van der Waals surface area contributed by atoms with E-state index in [4.69, 9.17) is 0 Å². The van der Waals surface area contributed by atoms with E-state index in [1.165, 1.54) is 4.90 Å². The molecular formula is C20H23NO3S. The van der Waals surface area contributed by atoms with Gasteiger partial charge in [0.2, 0.25) is 11.8 Å². The zero-order valence-electron chi connectivity index (χ0n) is 15.2. The largest absolute Gasteiger partial charge is 0.298 e. The molecule has 4 nitrogen and oxygen atoms in total. The summed E-state index contributed by atoms with van der Waals surface area (Å²) in [5.41, 5.74) is -0.602. The standard InChI is InChI=1S/C20H23NO3S/c1-11-13-14(20(25-11)18(2,3)17(24)19(20,4)5)16(23)21(15(13)22)12-9-7-6-8-10-12/h6-11,13-14H,1-5H3/t11-,13+,14+/m0/s1. The molecule has 1 aromatic carbocycles. The van der Waals surface area contributed by atoms with E-state index in [0.29, 0.717) is 5.69 Å². The van der Waals surface area contributed by atoms with Crippen LogP contribution < -0.4 is 4.90 Å². The van der Waals surface area contributed by atoms with Crippen molar-refractivity contribution in [2.24, 2.45) is 22.7 Å². The third-order valence-electron chi connectivity index (χ3n) is 6.67. The van der Waals surface area contributed by atoms with E-state index in [-0.39, 0.29) is 28.8 Å². The first-order valence-corrected chi connectivity index (χ1v) is 9.62. The van der Waals surface area contributed by atoms with Gasteiger partial charge in [-0.05, 0) is 12.1 Å². The van der Waals surface area contributed by atoms with E-state index < -0.39 is 21.5 Å². The molecule has 2 saturated heterocycles. The van der Waals surface area contributed by atoms with Crippen LogP contribution >= 0.6 is 11.8 Å². The van der Waals surface area contributed by atoms with Crippen molar-refractivity contribution in [3.63, 3.8) is 0 Å². The lowest BCUT2D eigenvalue weighted by Crippen LogP contribution is -2.75. The highest BCUT2D eigenvalue weighted by molar-refractivity contribution is 8.01. The molecule has 1 spiro atoms. The zero-order chi connectivity index (χ0) is 18.4. The Labute approximate surface area is 152 Å². The number of ketones is 1. The van der Waals surface area contributed by atoms with Crippen LogP contribution in [-0.2, 0) is 14.4 Å². The number of imide groups is 1. The molecule has 3 atom stereocenters. The number of nitrogens with zero attached hydrogens (tertiary/aromatic N) is 1. The Bertz CT molecular complexity index is 780. The molecular weight excluding hydrogens is 334 g/mol. The lowest BCUT2D eigenvalue weighted by Gasteiger charge is -2.65. The summed E-state index contributed by atoms with van der Waals surface area (Å²) < 4.78 is -0.530. The number of carbonyl (C=O) groups excluding carboxylic acids is 3. The summed E-state index contributed by atoms with van der Waals surface area (Å²) in [4.78, 5) is 40.7. The second-order valence-corrected chi connectivity index (χ2v) is 10.1. The molecule has 1 aliphatic carbocycles. The highest BCUT2D eigenvalue weighted by Crippen LogP contribution is 2.75. The number of fused-ring (bicyclic) bond motifs is 2. The Morgan fingerprint density at radius 1 is 0.920 bits per heavy atom. The Morgan fingerprint density at radius 3 is 2.04 bits per heavy atom. The van der Waals surface area contributed by atoms with Crippen molar-refractivity contribution in [3.05, 3.63) is 30.3 Å². The van der Waals surface area contributed by atoms with Gasteiger partial charge in [0.15, 0.2) is 0 Å². The van der Waals surface area contributed by atoms with Gasteiger partial charge in [-0.3, -0.25) is 14.4 Å². The number of benzene rings is 1. The Morgan fingerprint density at radius 2 is 1.48 bits per heavy atom. The van der Waals surface area contributed by atoms with Gasteiger partial charge in [-0.1, -0.05) is 52.8 Å². The molecule has 2 aliphatic heterocycles. The van der Waals surface area contributed by atoms with Gasteiger partial charge in [-0.25, -0.2) is 4.90 Å². The lowest BCUT2D eigenvalue weighted by atomic mass is 9.42. The number of para-hydroxylation sites is 1. The predicted octanol–water partition coefficient (Wildman–Crippen LogP) is 3.30. The maximum absolute atomic E-state index is 13.4. The molecule has 4 rings (SSSR count). The molecule has 1 saturated carbocycles. The van der Waals surface area contributed by atoms with E-state index in [2.05, 4.69) is 0 Å². The fourth-order valence-electron chi connectivity index (χ4n) is 5.77. The molecule has 0 bridgehead atoms. The second-order valence-electron chi connectivity index (χ2n) is 8.49. The van der Waals surface area contributed by atoms with Crippen LogP contribution in [0.3, 0.4) is 0 Å². The first kappa shape index (κ1) is 16.8. The molecule has 2 heterocycles. The SMILES string of the molecule is C[C@@H]1SC2([C@H]3C(=O)N(c4ccccc4)C(=O)[C@H]13)C(C)(C)C(=O)C2(C)C. The van der Waals surface area contributed by atoms with Crippen LogP contribution in [0.4, 0.5) is 5.69 Å². The fourth-order valence-corrected chi connectivity index (χ4v) is 7.95. The van der Waals surface area contributed by atoms with Crippen LogP contribution in [0.25, 0.3) is 0 Å². The summed E-state index contributed by atoms with van der Waals surface area (Å²) >= 11 is 1.68. The van der Waals surface area contributed by atoms with Crippen LogP contribution in [0.1, 0.15) is 34.6 Å². The normalized spacial score (nSPS) is 34.4. The number of thioether (sulfide) groups is 1. The maximum atomic E-state index is 13.4. The summed E-state index contributed by atoms with van der Waals surface area (Å²) in [5.74, 6) is -0.887. The summed E-state index contributed by atoms with van der Waals surface area (Å²) in [5, 5.41) is 0.0156. The van der Waals surface area contributed by atoms with Gasteiger partial charge in [0.05, 0.1) is 22.3 Å². The third kappa shape index (κ3) is 1.64. The number of rotatable bonds is 1. The Balaban J connectivity index is 1.86. The maximum Gasteiger partial charge on any atom is 0.239 e. The van der Waals surface area contributed by atoms with Gasteiger partial charge >= 0.3 is 0 Å². The number of amides is 2. The first-order valence-electron chi connectivity index (χ1n) is 8.74. The van der Waals surface area contributed by atoms with Crippen LogP contribution in [0.2, 0.25) is 0 Å². The average Bonchev–Trinajstić information content (AvgIpc) is 3.03. The van der Waals surface area contributed by atoms with Gasteiger partial charge in [-0.15, -0.1) is 11.8 Å². The topological polar surface area (TPSA) is 54.5 Å². The monoisotopic (exact) mass is 357 g/mol. The number of hydrogen-bond acceptors (Lipinski definition) is 4. The molecule has 25 heavy (non-hydrogen) atoms. The zero-order valence-corrected chi connectivity index (χ0v) is 16.0. The van der Waals surface area contributed by atoms with Crippen molar-refractivity contribution in [3.8, 4) is 0 Å². The number of anilines is 1. The van der Waals surface area contributed by atoms with Crippen molar-refractivity contribution in [2.45, 2.75) is 44.6 Å². The van der Waals surface area contributed by atoms with Crippen molar-refractivity contribution < 1.29 is 14.4 Å². The predicted molar refractivity (Wildman–Crippen MR) is 98.3 cm³/mol. The summed E-state index contributed by atoms with van der Waals surface area (Å²) in [6.07, 6.45) is 0. The van der Waals surface area contributed by atoms with Crippen molar-refractivity contribution >= 4 is 35.0 Å². The van der Waals surface area contributed by atoms with Gasteiger partial charge in [-0.2, -0.15) is 0 Å². The van der Waals surface area contributed by atoms with Crippen LogP contribution in [0.5, 0.6) is 0 Å². The molecule has 3 aliphatic rings. The lowest BCUT2D eigenvalue weighted by molar-refractivity contribution is -0.166. The highest BCUT2D eigenvalue weighted by atomic mass is 32.2. The van der Waals surface area contributed by atoms with E-state index in [9.17, 15) is 14.4 Å². The number of carbonyl (C=O) groups is 3. The number of Topliss-reactive ketones (excluding diaryl/α,β-unsaturated/α-hetero) is 1. The summed E-state index contributed by atoms with van der Waals surface area (Å²) in [6, 6.07) is 9.12. The quantitative estimate of drug-likeness (QED) is 0.724. The molecule has 0 aromatic heterocycles. The molecule has 3 fully saturated rings. The number of hydrogen-bond donors (Lipinski definition) is 0. The van der Waals surface area contributed by atoms with E-state index in [1.807, 2.05) is 52.8 Å². The average molecular weight is 357 g/mol. The smallest absolute Gasteiger partial charge is 0.239 e. The van der Waals surface area contributed by atoms with Crippen molar-refractivity contribution in [1.82, 2.24) is 0 Å². The summed E-state index contributed by atoms with van der Waals surface area (Å²) in [6.45, 7) is 9.76. The molecule has 5 heteroatoms. The van der Waals surface area contributed by atoms with Crippen LogP contribution in [-0.4, -0.2) is 27.6 Å². The summed E-state index contributed by atoms with van der Waals surface area (Å²) in [7, 11) is 0. The molecule has 0 radical (unpaired) electrons. The minimum atomic E-state index is -0.614. The minimum Gasteiger partial charge on any atom is -0.298 e. The van der Waals surface area contributed by atoms with E-state index in [0.717, 1.165) is 0 Å². The van der Waals surface area contributed by atoms with Crippen LogP contribution in [0, 0.1) is 22.7 Å². The molecule has 0 unspecified atom stereocenters. The van der Waals surface area contributed by atoms with Gasteiger partial charge in [0, 0.05) is 16.1 Å². The highest BCUT2D eigenvalue weighted by Gasteiger charge is 2.82.